The Morgan fingerprint density at radius 3 is 2.88 bits per heavy atom. The number of hydrogen-bond donors (Lipinski definition) is 1. The molecule has 2 aromatic rings. The second-order valence-electron chi connectivity index (χ2n) is 4.63. The number of aryl methyl sites for hydroxylation is 1. The number of hydrogen-bond acceptors (Lipinski definition) is 4. The Labute approximate surface area is 99.6 Å². The minimum absolute atomic E-state index is 0.369. The molecule has 1 saturated heterocycles. The maximum atomic E-state index is 6.46. The van der Waals surface area contributed by atoms with Gasteiger partial charge in [-0.3, -0.25) is 4.98 Å². The van der Waals surface area contributed by atoms with Crippen LogP contribution in [0.4, 0.5) is 0 Å². The van der Waals surface area contributed by atoms with Crippen molar-refractivity contribution in [2.24, 2.45) is 12.8 Å². The quantitative estimate of drug-likeness (QED) is 0.794. The second kappa shape index (κ2) is 3.78. The van der Waals surface area contributed by atoms with E-state index in [9.17, 15) is 0 Å². The van der Waals surface area contributed by atoms with Crippen LogP contribution in [-0.4, -0.2) is 27.7 Å². The van der Waals surface area contributed by atoms with Crippen molar-refractivity contribution in [1.29, 1.82) is 0 Å². The molecule has 0 amide bonds. The van der Waals surface area contributed by atoms with Gasteiger partial charge in [0.05, 0.1) is 17.3 Å². The molecule has 0 aromatic carbocycles. The lowest BCUT2D eigenvalue weighted by Crippen LogP contribution is -2.44. The Kier molecular flexibility index (Phi) is 2.38. The summed E-state index contributed by atoms with van der Waals surface area (Å²) in [6.07, 6.45) is 5.19. The van der Waals surface area contributed by atoms with Gasteiger partial charge in [-0.1, -0.05) is 0 Å². The summed E-state index contributed by atoms with van der Waals surface area (Å²) in [6.45, 7) is 1.41. The molecular formula is C12H16N4O. The summed E-state index contributed by atoms with van der Waals surface area (Å²) in [4.78, 5) is 8.72. The highest BCUT2D eigenvalue weighted by Gasteiger charge is 2.34. The number of nitrogens with zero attached hydrogens (tertiary/aromatic N) is 3. The highest BCUT2D eigenvalue weighted by Crippen LogP contribution is 2.30. The van der Waals surface area contributed by atoms with E-state index in [2.05, 4.69) is 14.5 Å². The van der Waals surface area contributed by atoms with Crippen molar-refractivity contribution in [2.75, 3.05) is 13.2 Å². The summed E-state index contributed by atoms with van der Waals surface area (Å²) >= 11 is 0. The van der Waals surface area contributed by atoms with Crippen LogP contribution in [0.5, 0.6) is 0 Å². The largest absolute Gasteiger partial charge is 0.381 e. The van der Waals surface area contributed by atoms with Crippen molar-refractivity contribution in [3.05, 3.63) is 24.3 Å². The van der Waals surface area contributed by atoms with E-state index in [1.54, 1.807) is 12.4 Å². The first-order valence-corrected chi connectivity index (χ1v) is 5.84. The van der Waals surface area contributed by atoms with Gasteiger partial charge in [0.25, 0.3) is 0 Å². The van der Waals surface area contributed by atoms with E-state index in [4.69, 9.17) is 10.5 Å². The second-order valence-corrected chi connectivity index (χ2v) is 4.63. The van der Waals surface area contributed by atoms with Crippen LogP contribution in [-0.2, 0) is 17.3 Å². The van der Waals surface area contributed by atoms with Gasteiger partial charge in [-0.2, -0.15) is 0 Å². The van der Waals surface area contributed by atoms with Crippen LogP contribution in [0.3, 0.4) is 0 Å². The van der Waals surface area contributed by atoms with Crippen molar-refractivity contribution >= 4 is 11.0 Å². The monoisotopic (exact) mass is 232 g/mol. The van der Waals surface area contributed by atoms with Crippen LogP contribution in [0, 0.1) is 0 Å². The minimum atomic E-state index is -0.369. The van der Waals surface area contributed by atoms with Gasteiger partial charge in [-0.05, 0) is 18.9 Å². The molecular weight excluding hydrogens is 216 g/mol. The van der Waals surface area contributed by atoms with E-state index in [0.717, 1.165) is 29.7 Å². The molecule has 1 fully saturated rings. The standard InChI is InChI=1S/C12H16N4O/c1-16-10-2-5-14-8-9(10)15-11(16)12(13)3-6-17-7-4-12/h2,5,8H,3-4,6-7,13H2,1H3. The summed E-state index contributed by atoms with van der Waals surface area (Å²) < 4.78 is 7.44. The smallest absolute Gasteiger partial charge is 0.130 e. The van der Waals surface area contributed by atoms with Crippen LogP contribution >= 0.6 is 0 Å². The van der Waals surface area contributed by atoms with Crippen molar-refractivity contribution < 1.29 is 4.74 Å². The molecule has 5 nitrogen and oxygen atoms in total. The fraction of sp³-hybridized carbons (Fsp3) is 0.500. The van der Waals surface area contributed by atoms with Crippen LogP contribution in [0.1, 0.15) is 18.7 Å². The van der Waals surface area contributed by atoms with Gasteiger partial charge in [0, 0.05) is 26.5 Å². The molecule has 5 heteroatoms. The summed E-state index contributed by atoms with van der Waals surface area (Å²) in [5, 5.41) is 0. The van der Waals surface area contributed by atoms with Gasteiger partial charge in [0.15, 0.2) is 0 Å². The average molecular weight is 232 g/mol. The Bertz CT molecular complexity index is 542. The molecule has 0 aliphatic carbocycles. The third kappa shape index (κ3) is 1.62. The van der Waals surface area contributed by atoms with Gasteiger partial charge < -0.3 is 15.0 Å². The van der Waals surface area contributed by atoms with E-state index >= 15 is 0 Å². The molecule has 3 heterocycles. The summed E-state index contributed by atoms with van der Waals surface area (Å²) in [7, 11) is 2.01. The molecule has 17 heavy (non-hydrogen) atoms. The molecule has 0 unspecified atom stereocenters. The van der Waals surface area contributed by atoms with E-state index < -0.39 is 0 Å². The number of imidazole rings is 1. The molecule has 3 rings (SSSR count). The summed E-state index contributed by atoms with van der Waals surface area (Å²) in [5.41, 5.74) is 8.07. The molecule has 0 spiro atoms. The van der Waals surface area contributed by atoms with Crippen LogP contribution in [0.25, 0.3) is 11.0 Å². The zero-order valence-corrected chi connectivity index (χ0v) is 9.89. The van der Waals surface area contributed by atoms with Crippen molar-refractivity contribution in [2.45, 2.75) is 18.4 Å². The predicted octanol–water partition coefficient (Wildman–Crippen LogP) is 0.933. The van der Waals surface area contributed by atoms with Crippen LogP contribution in [0.2, 0.25) is 0 Å². The third-order valence-electron chi connectivity index (χ3n) is 3.51. The number of nitrogens with two attached hydrogens (primary N) is 1. The minimum Gasteiger partial charge on any atom is -0.381 e. The molecule has 2 aromatic heterocycles. The van der Waals surface area contributed by atoms with E-state index in [1.807, 2.05) is 13.1 Å². The lowest BCUT2D eigenvalue weighted by Gasteiger charge is -2.32. The lowest BCUT2D eigenvalue weighted by molar-refractivity contribution is 0.0484. The number of rotatable bonds is 1. The van der Waals surface area contributed by atoms with Gasteiger partial charge in [0.1, 0.15) is 11.3 Å². The van der Waals surface area contributed by atoms with E-state index in [-0.39, 0.29) is 5.54 Å². The zero-order chi connectivity index (χ0) is 11.9. The molecule has 1 aliphatic heterocycles. The molecule has 0 saturated carbocycles. The number of fused-ring (bicyclic) bond motifs is 1. The molecule has 2 N–H and O–H groups in total. The zero-order valence-electron chi connectivity index (χ0n) is 9.89. The molecule has 0 atom stereocenters. The normalized spacial score (nSPS) is 19.6. The highest BCUT2D eigenvalue weighted by molar-refractivity contribution is 5.74. The first-order valence-electron chi connectivity index (χ1n) is 5.84. The van der Waals surface area contributed by atoms with Crippen LogP contribution in [0.15, 0.2) is 18.5 Å². The SMILES string of the molecule is Cn1c(C2(N)CCOCC2)nc2cnccc21. The number of pyridine rings is 1. The maximum Gasteiger partial charge on any atom is 0.130 e. The first-order chi connectivity index (χ1) is 8.21. The van der Waals surface area contributed by atoms with Gasteiger partial charge in [0.2, 0.25) is 0 Å². The maximum absolute atomic E-state index is 6.46. The Morgan fingerprint density at radius 1 is 1.41 bits per heavy atom. The van der Waals surface area contributed by atoms with Crippen molar-refractivity contribution in [3.63, 3.8) is 0 Å². The Hall–Kier alpha value is -1.46. The molecule has 90 valence electrons. The van der Waals surface area contributed by atoms with Crippen molar-refractivity contribution in [1.82, 2.24) is 14.5 Å². The highest BCUT2D eigenvalue weighted by atomic mass is 16.5. The predicted molar refractivity (Wildman–Crippen MR) is 64.4 cm³/mol. The fourth-order valence-corrected chi connectivity index (χ4v) is 2.46. The lowest BCUT2D eigenvalue weighted by atomic mass is 9.90. The van der Waals surface area contributed by atoms with Gasteiger partial charge in [-0.25, -0.2) is 4.98 Å². The molecule has 0 radical (unpaired) electrons. The fourth-order valence-electron chi connectivity index (χ4n) is 2.46. The van der Waals surface area contributed by atoms with E-state index in [1.165, 1.54) is 0 Å². The number of aromatic nitrogens is 3. The average Bonchev–Trinajstić information content (AvgIpc) is 2.69. The first kappa shape index (κ1) is 10.7. The van der Waals surface area contributed by atoms with E-state index in [0.29, 0.717) is 13.2 Å². The van der Waals surface area contributed by atoms with Crippen molar-refractivity contribution in [3.8, 4) is 0 Å². The van der Waals surface area contributed by atoms with Gasteiger partial charge in [-0.15, -0.1) is 0 Å². The molecule has 0 bridgehead atoms. The topological polar surface area (TPSA) is 66.0 Å². The summed E-state index contributed by atoms with van der Waals surface area (Å²) in [5.74, 6) is 0.934. The number of ether oxygens (including phenoxy) is 1. The summed E-state index contributed by atoms with van der Waals surface area (Å²) in [6, 6.07) is 1.97. The van der Waals surface area contributed by atoms with Gasteiger partial charge >= 0.3 is 0 Å². The Balaban J connectivity index is 2.13. The van der Waals surface area contributed by atoms with Crippen LogP contribution < -0.4 is 5.73 Å². The molecule has 1 aliphatic rings. The Morgan fingerprint density at radius 2 is 2.18 bits per heavy atom. The third-order valence-corrected chi connectivity index (χ3v) is 3.51.